The van der Waals surface area contributed by atoms with E-state index in [9.17, 15) is 0 Å². The maximum absolute atomic E-state index is 6.36. The Hall–Kier alpha value is 0.610. The molecule has 0 spiro atoms. The molecule has 11 heavy (non-hydrogen) atoms. The fourth-order valence-corrected chi connectivity index (χ4v) is 4.03. The molecule has 0 aliphatic heterocycles. The first-order valence-corrected chi connectivity index (χ1v) is 5.02. The fourth-order valence-electron chi connectivity index (χ4n) is 2.70. The van der Waals surface area contributed by atoms with Gasteiger partial charge in [0.15, 0.2) is 0 Å². The maximum atomic E-state index is 6.36. The number of rotatable bonds is 0. The first-order chi connectivity index (χ1) is 5.14. The minimum atomic E-state index is -0.242. The Kier molecular flexibility index (Phi) is 1.13. The summed E-state index contributed by atoms with van der Waals surface area (Å²) in [5, 5.41) is 1.59. The Balaban J connectivity index is 2.17. The van der Waals surface area contributed by atoms with Gasteiger partial charge in [0, 0.05) is 11.0 Å². The second-order valence-electron chi connectivity index (χ2n) is 3.84. The summed E-state index contributed by atoms with van der Waals surface area (Å²) in [5.74, 6) is 1.92. The first kappa shape index (κ1) is 7.06. The molecule has 0 N–H and O–H groups in total. The zero-order valence-corrected chi connectivity index (χ0v) is 8.05. The molecule has 3 rings (SSSR count). The van der Waals surface area contributed by atoms with E-state index in [-0.39, 0.29) is 4.87 Å². The van der Waals surface area contributed by atoms with E-state index in [1.54, 1.807) is 0 Å². The van der Waals surface area contributed by atoms with Crippen LogP contribution < -0.4 is 0 Å². The van der Waals surface area contributed by atoms with E-state index >= 15 is 0 Å². The van der Waals surface area contributed by atoms with Crippen molar-refractivity contribution in [1.29, 1.82) is 0 Å². The second-order valence-corrected chi connectivity index (χ2v) is 5.30. The molecule has 60 valence electrons. The number of fused-ring (bicyclic) bond motifs is 5. The Morgan fingerprint density at radius 1 is 1.36 bits per heavy atom. The summed E-state index contributed by atoms with van der Waals surface area (Å²) in [4.78, 5) is -0.242. The van der Waals surface area contributed by atoms with Crippen LogP contribution >= 0.6 is 34.8 Å². The van der Waals surface area contributed by atoms with E-state index in [0.29, 0.717) is 11.8 Å². The highest BCUT2D eigenvalue weighted by Crippen LogP contribution is 2.73. The molecule has 0 unspecified atom stereocenters. The summed E-state index contributed by atoms with van der Waals surface area (Å²) in [5.41, 5.74) is 0. The number of allylic oxidation sites excluding steroid dienone is 2. The van der Waals surface area contributed by atoms with Crippen LogP contribution in [0, 0.1) is 17.8 Å². The standard InChI is InChI=1S/C8H7Cl3/c9-6-4-2-8(11,7(6)10)5-1-3(4)5/h3-5H,1-2H2/t3-,4-,5-,8-/m0/s1. The van der Waals surface area contributed by atoms with Crippen molar-refractivity contribution in [1.82, 2.24) is 0 Å². The summed E-state index contributed by atoms with van der Waals surface area (Å²) in [6, 6.07) is 0. The van der Waals surface area contributed by atoms with Gasteiger partial charge in [-0.15, -0.1) is 11.6 Å². The van der Waals surface area contributed by atoms with Gasteiger partial charge in [0.05, 0.1) is 9.91 Å². The van der Waals surface area contributed by atoms with Crippen molar-refractivity contribution in [2.45, 2.75) is 17.7 Å². The molecule has 0 amide bonds. The molecule has 2 saturated carbocycles. The second kappa shape index (κ2) is 1.76. The van der Waals surface area contributed by atoms with Crippen molar-refractivity contribution >= 4 is 34.8 Å². The van der Waals surface area contributed by atoms with Crippen LogP contribution in [0.2, 0.25) is 0 Å². The maximum Gasteiger partial charge on any atom is 0.0849 e. The Morgan fingerprint density at radius 2 is 2.09 bits per heavy atom. The van der Waals surface area contributed by atoms with Crippen LogP contribution in [0.1, 0.15) is 12.8 Å². The van der Waals surface area contributed by atoms with Crippen molar-refractivity contribution in [2.24, 2.45) is 17.8 Å². The van der Waals surface area contributed by atoms with Crippen molar-refractivity contribution in [3.63, 3.8) is 0 Å². The lowest BCUT2D eigenvalue weighted by Gasteiger charge is -2.19. The summed E-state index contributed by atoms with van der Waals surface area (Å²) in [6.07, 6.45) is 2.22. The van der Waals surface area contributed by atoms with E-state index in [2.05, 4.69) is 0 Å². The predicted molar refractivity (Wildman–Crippen MR) is 47.0 cm³/mol. The van der Waals surface area contributed by atoms with Gasteiger partial charge < -0.3 is 0 Å². The lowest BCUT2D eigenvalue weighted by atomic mass is 10.1. The molecular formula is C8H7Cl3. The van der Waals surface area contributed by atoms with Crippen LogP contribution in [0.15, 0.2) is 10.1 Å². The minimum Gasteiger partial charge on any atom is -0.113 e. The van der Waals surface area contributed by atoms with E-state index in [0.717, 1.165) is 22.4 Å². The Bertz CT molecular complexity index is 271. The van der Waals surface area contributed by atoms with Crippen LogP contribution in [-0.2, 0) is 0 Å². The highest BCUT2D eigenvalue weighted by atomic mass is 35.5. The lowest BCUT2D eigenvalue weighted by Crippen LogP contribution is -2.19. The molecular weight excluding hydrogens is 202 g/mol. The summed E-state index contributed by atoms with van der Waals surface area (Å²) < 4.78 is 0. The zero-order valence-electron chi connectivity index (χ0n) is 5.78. The first-order valence-electron chi connectivity index (χ1n) is 3.89. The molecule has 3 heteroatoms. The van der Waals surface area contributed by atoms with Crippen LogP contribution in [-0.4, -0.2) is 4.87 Å². The minimum absolute atomic E-state index is 0.242. The van der Waals surface area contributed by atoms with Crippen molar-refractivity contribution in [3.05, 3.63) is 10.1 Å². The third-order valence-corrected chi connectivity index (χ3v) is 5.19. The quantitative estimate of drug-likeness (QED) is 0.537. The SMILES string of the molecule is ClC1=C(Cl)[C@]2(Cl)C[C@H]1[C@@H]1C[C@@H]12. The predicted octanol–water partition coefficient (Wildman–Crippen LogP) is 3.32. The van der Waals surface area contributed by atoms with Gasteiger partial charge in [-0.25, -0.2) is 0 Å². The average molecular weight is 210 g/mol. The molecule has 2 fully saturated rings. The van der Waals surface area contributed by atoms with Crippen LogP contribution in [0.4, 0.5) is 0 Å². The Labute approximate surface area is 80.5 Å². The average Bonchev–Trinajstić information content (AvgIpc) is 2.67. The molecule has 3 aliphatic carbocycles. The highest BCUT2D eigenvalue weighted by Gasteiger charge is 2.68. The van der Waals surface area contributed by atoms with Crippen LogP contribution in [0.3, 0.4) is 0 Å². The van der Waals surface area contributed by atoms with E-state index in [4.69, 9.17) is 34.8 Å². The molecule has 2 bridgehead atoms. The van der Waals surface area contributed by atoms with Gasteiger partial charge in [0.25, 0.3) is 0 Å². The summed E-state index contributed by atoms with van der Waals surface area (Å²) in [7, 11) is 0. The molecule has 0 heterocycles. The zero-order chi connectivity index (χ0) is 7.80. The number of halogens is 3. The van der Waals surface area contributed by atoms with Gasteiger partial charge >= 0.3 is 0 Å². The van der Waals surface area contributed by atoms with Crippen molar-refractivity contribution in [3.8, 4) is 0 Å². The molecule has 0 aromatic rings. The van der Waals surface area contributed by atoms with E-state index < -0.39 is 0 Å². The number of hydrogen-bond donors (Lipinski definition) is 0. The van der Waals surface area contributed by atoms with Gasteiger partial charge in [-0.3, -0.25) is 0 Å². The molecule has 0 saturated heterocycles. The number of alkyl halides is 1. The van der Waals surface area contributed by atoms with Crippen LogP contribution in [0.25, 0.3) is 0 Å². The van der Waals surface area contributed by atoms with Gasteiger partial charge in [-0.1, -0.05) is 23.2 Å². The van der Waals surface area contributed by atoms with Gasteiger partial charge in [0.2, 0.25) is 0 Å². The molecule has 0 aromatic heterocycles. The van der Waals surface area contributed by atoms with Crippen LogP contribution in [0.5, 0.6) is 0 Å². The molecule has 0 aromatic carbocycles. The summed E-state index contributed by atoms with van der Waals surface area (Å²) >= 11 is 18.4. The monoisotopic (exact) mass is 208 g/mol. The van der Waals surface area contributed by atoms with E-state index in [1.807, 2.05) is 0 Å². The lowest BCUT2D eigenvalue weighted by molar-refractivity contribution is 0.587. The largest absolute Gasteiger partial charge is 0.113 e. The smallest absolute Gasteiger partial charge is 0.0849 e. The van der Waals surface area contributed by atoms with Gasteiger partial charge in [-0.2, -0.15) is 0 Å². The fraction of sp³-hybridized carbons (Fsp3) is 0.750. The third kappa shape index (κ3) is 0.620. The normalized spacial score (nSPS) is 58.6. The third-order valence-electron chi connectivity index (χ3n) is 3.36. The highest BCUT2D eigenvalue weighted by molar-refractivity contribution is 6.46. The van der Waals surface area contributed by atoms with E-state index in [1.165, 1.54) is 6.42 Å². The number of hydrogen-bond acceptors (Lipinski definition) is 0. The molecule has 3 aliphatic rings. The molecule has 0 radical (unpaired) electrons. The topological polar surface area (TPSA) is 0 Å². The van der Waals surface area contributed by atoms with Crippen molar-refractivity contribution < 1.29 is 0 Å². The molecule has 4 atom stereocenters. The Morgan fingerprint density at radius 3 is 2.64 bits per heavy atom. The summed E-state index contributed by atoms with van der Waals surface area (Å²) in [6.45, 7) is 0. The van der Waals surface area contributed by atoms with Crippen molar-refractivity contribution in [2.75, 3.05) is 0 Å². The molecule has 0 nitrogen and oxygen atoms in total. The van der Waals surface area contributed by atoms with Gasteiger partial charge in [-0.05, 0) is 24.7 Å². The van der Waals surface area contributed by atoms with Gasteiger partial charge in [0.1, 0.15) is 0 Å².